The van der Waals surface area contributed by atoms with Gasteiger partial charge in [0, 0.05) is 13.0 Å². The van der Waals surface area contributed by atoms with Crippen molar-refractivity contribution in [2.75, 3.05) is 26.4 Å². The molecule has 1 heterocycles. The van der Waals surface area contributed by atoms with Crippen LogP contribution in [0.1, 0.15) is 174 Å². The summed E-state index contributed by atoms with van der Waals surface area (Å²) in [4.78, 5) is 12.7. The summed E-state index contributed by atoms with van der Waals surface area (Å²) < 4.78 is 22.6. The molecule has 1 aliphatic heterocycles. The van der Waals surface area contributed by atoms with Crippen molar-refractivity contribution < 1.29 is 44.2 Å². The van der Waals surface area contributed by atoms with Gasteiger partial charge in [0.05, 0.1) is 19.8 Å². The third-order valence-electron chi connectivity index (χ3n) is 9.43. The average molecular weight is 701 g/mol. The summed E-state index contributed by atoms with van der Waals surface area (Å²) in [6.07, 6.45) is 26.8. The smallest absolute Gasteiger partial charge is 0.306 e. The molecule has 1 saturated heterocycles. The number of carbonyl (C=O) groups excluding carboxylic acids is 1. The Balaban J connectivity index is 2.22. The number of esters is 1. The number of allylic oxidation sites excluding steroid dienone is 2. The van der Waals surface area contributed by atoms with Gasteiger partial charge in [-0.25, -0.2) is 0 Å². The van der Waals surface area contributed by atoms with E-state index in [9.17, 15) is 25.2 Å². The Labute approximate surface area is 299 Å². The lowest BCUT2D eigenvalue weighted by Gasteiger charge is -2.39. The summed E-state index contributed by atoms with van der Waals surface area (Å²) in [7, 11) is 0. The molecule has 0 radical (unpaired) electrons. The lowest BCUT2D eigenvalue weighted by atomic mass is 9.99. The van der Waals surface area contributed by atoms with Crippen molar-refractivity contribution in [3.63, 3.8) is 0 Å². The standard InChI is InChI=1S/C40H76O9/c1-3-5-7-9-11-12-13-14-15-16-17-18-19-20-21-22-23-25-27-29-36(42)48-34(32-46-30-28-26-24-10-8-6-4-2)33-47-40-39(45)38(44)37(43)35(31-41)49-40/h14-15,34-35,37-41,43-45H,3-13,16-33H2,1-2H3/b15-14-. The minimum Gasteiger partial charge on any atom is -0.457 e. The Morgan fingerprint density at radius 3 is 1.65 bits per heavy atom. The molecule has 1 aliphatic rings. The minimum absolute atomic E-state index is 0.110. The summed E-state index contributed by atoms with van der Waals surface area (Å²) in [6.45, 7) is 4.52. The molecule has 0 amide bonds. The number of rotatable bonds is 34. The highest BCUT2D eigenvalue weighted by atomic mass is 16.7. The van der Waals surface area contributed by atoms with E-state index in [0.717, 1.165) is 32.1 Å². The molecule has 6 unspecified atom stereocenters. The molecule has 9 nitrogen and oxygen atoms in total. The van der Waals surface area contributed by atoms with Gasteiger partial charge >= 0.3 is 5.97 Å². The van der Waals surface area contributed by atoms with Crippen molar-refractivity contribution in [1.29, 1.82) is 0 Å². The third-order valence-corrected chi connectivity index (χ3v) is 9.43. The van der Waals surface area contributed by atoms with Gasteiger partial charge in [-0.15, -0.1) is 0 Å². The molecule has 0 saturated carbocycles. The average Bonchev–Trinajstić information content (AvgIpc) is 3.10. The third kappa shape index (κ3) is 24.7. The SMILES string of the molecule is CCCCCCCC/C=C\CCCCCCCCCCCC(=O)OC(COCCCCCCCCC)COC1OC(CO)C(O)C(O)C1O. The fraction of sp³-hybridized carbons (Fsp3) is 0.925. The Bertz CT molecular complexity index is 762. The number of aliphatic hydroxyl groups excluding tert-OH is 4. The Morgan fingerprint density at radius 1 is 0.633 bits per heavy atom. The number of hydrogen-bond donors (Lipinski definition) is 4. The van der Waals surface area contributed by atoms with Crippen LogP contribution in [0.4, 0.5) is 0 Å². The van der Waals surface area contributed by atoms with E-state index < -0.39 is 43.4 Å². The van der Waals surface area contributed by atoms with Crippen molar-refractivity contribution in [3.05, 3.63) is 12.2 Å². The zero-order valence-electron chi connectivity index (χ0n) is 31.5. The van der Waals surface area contributed by atoms with Crippen LogP contribution in [0, 0.1) is 0 Å². The van der Waals surface area contributed by atoms with Crippen LogP contribution < -0.4 is 0 Å². The van der Waals surface area contributed by atoms with Gasteiger partial charge in [0.1, 0.15) is 30.5 Å². The van der Waals surface area contributed by atoms with Crippen LogP contribution in [0.5, 0.6) is 0 Å². The van der Waals surface area contributed by atoms with E-state index in [-0.39, 0.29) is 19.2 Å². The van der Waals surface area contributed by atoms with E-state index in [1.165, 1.54) is 122 Å². The van der Waals surface area contributed by atoms with E-state index in [1.807, 2.05) is 0 Å². The van der Waals surface area contributed by atoms with Gasteiger partial charge in [0.2, 0.25) is 0 Å². The molecule has 1 fully saturated rings. The number of carbonyl (C=O) groups is 1. The van der Waals surface area contributed by atoms with Crippen LogP contribution in [0.25, 0.3) is 0 Å². The van der Waals surface area contributed by atoms with Crippen molar-refractivity contribution in [2.24, 2.45) is 0 Å². The number of aliphatic hydroxyl groups is 4. The molecule has 0 bridgehead atoms. The largest absolute Gasteiger partial charge is 0.457 e. The quantitative estimate of drug-likeness (QED) is 0.0299. The van der Waals surface area contributed by atoms with Gasteiger partial charge < -0.3 is 39.4 Å². The van der Waals surface area contributed by atoms with Gasteiger partial charge in [0.25, 0.3) is 0 Å². The first-order chi connectivity index (χ1) is 23.9. The van der Waals surface area contributed by atoms with E-state index in [2.05, 4.69) is 26.0 Å². The molecular formula is C40H76O9. The maximum absolute atomic E-state index is 12.7. The lowest BCUT2D eigenvalue weighted by molar-refractivity contribution is -0.305. The molecule has 49 heavy (non-hydrogen) atoms. The maximum Gasteiger partial charge on any atom is 0.306 e. The fourth-order valence-electron chi connectivity index (χ4n) is 6.19. The van der Waals surface area contributed by atoms with Crippen LogP contribution in [-0.2, 0) is 23.7 Å². The number of ether oxygens (including phenoxy) is 4. The van der Waals surface area contributed by atoms with Gasteiger partial charge in [-0.3, -0.25) is 4.79 Å². The number of unbranched alkanes of at least 4 members (excludes halogenated alkanes) is 21. The van der Waals surface area contributed by atoms with Crippen molar-refractivity contribution in [1.82, 2.24) is 0 Å². The van der Waals surface area contributed by atoms with Gasteiger partial charge in [-0.2, -0.15) is 0 Å². The lowest BCUT2D eigenvalue weighted by Crippen LogP contribution is -2.59. The van der Waals surface area contributed by atoms with E-state index in [1.54, 1.807) is 0 Å². The molecule has 4 N–H and O–H groups in total. The van der Waals surface area contributed by atoms with Crippen molar-refractivity contribution in [3.8, 4) is 0 Å². The highest BCUT2D eigenvalue weighted by Crippen LogP contribution is 2.22. The van der Waals surface area contributed by atoms with Crippen LogP contribution in [0.15, 0.2) is 12.2 Å². The molecule has 6 atom stereocenters. The molecule has 0 spiro atoms. The zero-order valence-corrected chi connectivity index (χ0v) is 31.5. The Morgan fingerprint density at radius 2 is 1.12 bits per heavy atom. The van der Waals surface area contributed by atoms with Crippen molar-refractivity contribution >= 4 is 5.97 Å². The first-order valence-corrected chi connectivity index (χ1v) is 20.3. The highest BCUT2D eigenvalue weighted by Gasteiger charge is 2.44. The van der Waals surface area contributed by atoms with Crippen molar-refractivity contribution in [2.45, 2.75) is 211 Å². The second-order valence-electron chi connectivity index (χ2n) is 14.1. The van der Waals surface area contributed by atoms with Gasteiger partial charge in [-0.1, -0.05) is 142 Å². The molecule has 0 aromatic carbocycles. The fourth-order valence-corrected chi connectivity index (χ4v) is 6.19. The van der Waals surface area contributed by atoms with Crippen LogP contribution in [0.3, 0.4) is 0 Å². The Kier molecular flexibility index (Phi) is 30.8. The molecule has 9 heteroatoms. The second-order valence-corrected chi connectivity index (χ2v) is 14.1. The molecule has 0 aliphatic carbocycles. The van der Waals surface area contributed by atoms with Gasteiger partial charge in [0.15, 0.2) is 6.29 Å². The molecule has 0 aromatic rings. The van der Waals surface area contributed by atoms with Crippen LogP contribution in [0.2, 0.25) is 0 Å². The molecular weight excluding hydrogens is 624 g/mol. The first-order valence-electron chi connectivity index (χ1n) is 20.3. The van der Waals surface area contributed by atoms with E-state index in [0.29, 0.717) is 13.0 Å². The molecule has 0 aromatic heterocycles. The zero-order chi connectivity index (χ0) is 35.8. The minimum atomic E-state index is -1.53. The first kappa shape index (κ1) is 46.0. The number of hydrogen-bond acceptors (Lipinski definition) is 9. The Hall–Kier alpha value is -1.07. The summed E-state index contributed by atoms with van der Waals surface area (Å²) in [5.74, 6) is -0.317. The summed E-state index contributed by atoms with van der Waals surface area (Å²) >= 11 is 0. The second kappa shape index (κ2) is 32.8. The summed E-state index contributed by atoms with van der Waals surface area (Å²) in [6, 6.07) is 0. The summed E-state index contributed by atoms with van der Waals surface area (Å²) in [5.41, 5.74) is 0. The predicted octanol–water partition coefficient (Wildman–Crippen LogP) is 8.08. The summed E-state index contributed by atoms with van der Waals surface area (Å²) in [5, 5.41) is 39.9. The predicted molar refractivity (Wildman–Crippen MR) is 196 cm³/mol. The monoisotopic (exact) mass is 701 g/mol. The van der Waals surface area contributed by atoms with Gasteiger partial charge in [-0.05, 0) is 38.5 Å². The van der Waals surface area contributed by atoms with Crippen LogP contribution >= 0.6 is 0 Å². The maximum atomic E-state index is 12.7. The topological polar surface area (TPSA) is 135 Å². The normalized spacial score (nSPS) is 21.8. The molecule has 290 valence electrons. The van der Waals surface area contributed by atoms with Crippen LogP contribution in [-0.4, -0.2) is 89.6 Å². The highest BCUT2D eigenvalue weighted by molar-refractivity contribution is 5.69. The van der Waals surface area contributed by atoms with E-state index in [4.69, 9.17) is 18.9 Å². The van der Waals surface area contributed by atoms with E-state index >= 15 is 0 Å². The molecule has 1 rings (SSSR count).